The third kappa shape index (κ3) is 5.97. The predicted octanol–water partition coefficient (Wildman–Crippen LogP) is 4.37. The Morgan fingerprint density at radius 3 is 2.34 bits per heavy atom. The van der Waals surface area contributed by atoms with Crippen molar-refractivity contribution in [1.29, 1.82) is 0 Å². The van der Waals surface area contributed by atoms with E-state index in [1.54, 1.807) is 24.3 Å². The fraction of sp³-hybridized carbons (Fsp3) is 0.0435. The van der Waals surface area contributed by atoms with Crippen LogP contribution in [0.15, 0.2) is 96.1 Å². The van der Waals surface area contributed by atoms with E-state index in [1.165, 1.54) is 12.1 Å². The van der Waals surface area contributed by atoms with Crippen LogP contribution in [0, 0.1) is 10.1 Å². The number of rotatable bonds is 7. The molecule has 0 aliphatic heterocycles. The SMILES string of the molecule is O=C(Cc1ccccc1)N/N=C(\C=C\c1cccc([N+](=O)[O-])c1)c1ccccc1. The van der Waals surface area contributed by atoms with E-state index in [-0.39, 0.29) is 18.0 Å². The Kier molecular flexibility index (Phi) is 6.62. The number of amides is 1. The molecule has 6 heteroatoms. The van der Waals surface area contributed by atoms with Crippen molar-refractivity contribution in [3.63, 3.8) is 0 Å². The Morgan fingerprint density at radius 2 is 1.66 bits per heavy atom. The monoisotopic (exact) mass is 385 g/mol. The number of nitrogens with one attached hydrogen (secondary N) is 1. The molecule has 0 unspecified atom stereocenters. The van der Waals surface area contributed by atoms with Crippen molar-refractivity contribution in [1.82, 2.24) is 5.43 Å². The molecule has 29 heavy (non-hydrogen) atoms. The van der Waals surface area contributed by atoms with E-state index in [9.17, 15) is 14.9 Å². The Labute approximate surface area is 168 Å². The first-order valence-corrected chi connectivity index (χ1v) is 9.00. The molecular formula is C23H19N3O3. The van der Waals surface area contributed by atoms with E-state index < -0.39 is 4.92 Å². The topological polar surface area (TPSA) is 84.6 Å². The highest BCUT2D eigenvalue weighted by molar-refractivity contribution is 6.11. The molecule has 0 saturated carbocycles. The summed E-state index contributed by atoms with van der Waals surface area (Å²) in [5.74, 6) is -0.228. The van der Waals surface area contributed by atoms with Crippen LogP contribution in [-0.2, 0) is 11.2 Å². The smallest absolute Gasteiger partial charge is 0.270 e. The molecule has 0 aliphatic carbocycles. The summed E-state index contributed by atoms with van der Waals surface area (Å²) >= 11 is 0. The van der Waals surface area contributed by atoms with Gasteiger partial charge in [-0.25, -0.2) is 5.43 Å². The normalized spacial score (nSPS) is 11.4. The maximum atomic E-state index is 12.2. The lowest BCUT2D eigenvalue weighted by Gasteiger charge is -2.04. The lowest BCUT2D eigenvalue weighted by atomic mass is 10.1. The van der Waals surface area contributed by atoms with E-state index in [4.69, 9.17) is 0 Å². The highest BCUT2D eigenvalue weighted by Gasteiger charge is 2.06. The highest BCUT2D eigenvalue weighted by atomic mass is 16.6. The van der Waals surface area contributed by atoms with Crippen LogP contribution in [-0.4, -0.2) is 16.5 Å². The van der Waals surface area contributed by atoms with Gasteiger partial charge in [0.25, 0.3) is 5.69 Å². The molecule has 0 aromatic heterocycles. The minimum Gasteiger partial charge on any atom is -0.273 e. The van der Waals surface area contributed by atoms with Crippen LogP contribution >= 0.6 is 0 Å². The molecular weight excluding hydrogens is 366 g/mol. The molecule has 144 valence electrons. The largest absolute Gasteiger partial charge is 0.273 e. The molecule has 3 aromatic carbocycles. The van der Waals surface area contributed by atoms with Crippen LogP contribution in [0.3, 0.4) is 0 Å². The number of hydrogen-bond donors (Lipinski definition) is 1. The van der Waals surface area contributed by atoms with Crippen LogP contribution in [0.1, 0.15) is 16.7 Å². The van der Waals surface area contributed by atoms with Gasteiger partial charge in [0.15, 0.2) is 0 Å². The Hall–Kier alpha value is -4.06. The standard InChI is InChI=1S/C23H19N3O3/c27-23(17-18-8-3-1-4-9-18)25-24-22(20-11-5-2-6-12-20)15-14-19-10-7-13-21(16-19)26(28)29/h1-16H,17H2,(H,25,27)/b15-14+,24-22+. The molecule has 1 amide bonds. The number of carbonyl (C=O) groups excluding carboxylic acids is 1. The molecule has 0 fully saturated rings. The summed E-state index contributed by atoms with van der Waals surface area (Å²) in [7, 11) is 0. The summed E-state index contributed by atoms with van der Waals surface area (Å²) in [6, 6.07) is 25.1. The quantitative estimate of drug-likeness (QED) is 0.372. The van der Waals surface area contributed by atoms with Crippen molar-refractivity contribution in [2.45, 2.75) is 6.42 Å². The number of carbonyl (C=O) groups is 1. The van der Waals surface area contributed by atoms with Gasteiger partial charge in [0.2, 0.25) is 5.91 Å². The van der Waals surface area contributed by atoms with Crippen molar-refractivity contribution in [2.24, 2.45) is 5.10 Å². The number of hydrogen-bond acceptors (Lipinski definition) is 4. The van der Waals surface area contributed by atoms with Gasteiger partial charge in [-0.15, -0.1) is 0 Å². The lowest BCUT2D eigenvalue weighted by molar-refractivity contribution is -0.384. The molecule has 3 rings (SSSR count). The van der Waals surface area contributed by atoms with Crippen molar-refractivity contribution < 1.29 is 9.72 Å². The van der Waals surface area contributed by atoms with Gasteiger partial charge in [-0.05, 0) is 17.2 Å². The van der Waals surface area contributed by atoms with E-state index in [2.05, 4.69) is 10.5 Å². The summed E-state index contributed by atoms with van der Waals surface area (Å²) in [4.78, 5) is 22.7. The molecule has 0 bridgehead atoms. The second kappa shape index (κ2) is 9.75. The second-order valence-corrected chi connectivity index (χ2v) is 6.25. The van der Waals surface area contributed by atoms with Gasteiger partial charge in [0, 0.05) is 17.7 Å². The van der Waals surface area contributed by atoms with E-state index in [0.29, 0.717) is 11.3 Å². The predicted molar refractivity (Wildman–Crippen MR) is 113 cm³/mol. The Balaban J connectivity index is 1.79. The number of nitrogens with zero attached hydrogens (tertiary/aromatic N) is 2. The van der Waals surface area contributed by atoms with E-state index >= 15 is 0 Å². The van der Waals surface area contributed by atoms with Crippen LogP contribution in [0.5, 0.6) is 0 Å². The number of benzene rings is 3. The van der Waals surface area contributed by atoms with Crippen LogP contribution in [0.4, 0.5) is 5.69 Å². The molecule has 0 aliphatic rings. The van der Waals surface area contributed by atoms with Gasteiger partial charge in [-0.1, -0.05) is 78.9 Å². The molecule has 1 N–H and O–H groups in total. The van der Waals surface area contributed by atoms with Gasteiger partial charge in [-0.3, -0.25) is 14.9 Å². The van der Waals surface area contributed by atoms with Crippen LogP contribution in [0.25, 0.3) is 6.08 Å². The molecule has 0 atom stereocenters. The molecule has 0 heterocycles. The van der Waals surface area contributed by atoms with Gasteiger partial charge in [-0.2, -0.15) is 5.10 Å². The first-order valence-electron chi connectivity index (χ1n) is 9.00. The third-order valence-electron chi connectivity index (χ3n) is 4.09. The van der Waals surface area contributed by atoms with Crippen LogP contribution < -0.4 is 5.43 Å². The summed E-state index contributed by atoms with van der Waals surface area (Å²) in [5.41, 5.74) is 5.52. The lowest BCUT2D eigenvalue weighted by Crippen LogP contribution is -2.21. The zero-order valence-electron chi connectivity index (χ0n) is 15.6. The Bertz CT molecular complexity index is 1050. The highest BCUT2D eigenvalue weighted by Crippen LogP contribution is 2.15. The van der Waals surface area contributed by atoms with Gasteiger partial charge >= 0.3 is 0 Å². The molecule has 6 nitrogen and oxygen atoms in total. The zero-order valence-corrected chi connectivity index (χ0v) is 15.6. The van der Waals surface area contributed by atoms with Crippen LogP contribution in [0.2, 0.25) is 0 Å². The molecule has 3 aromatic rings. The first kappa shape index (κ1) is 19.7. The van der Waals surface area contributed by atoms with Crippen molar-refractivity contribution >= 4 is 23.4 Å². The van der Waals surface area contributed by atoms with Crippen molar-refractivity contribution in [3.05, 3.63) is 118 Å². The number of nitro benzene ring substituents is 1. The summed E-state index contributed by atoms with van der Waals surface area (Å²) < 4.78 is 0. The van der Waals surface area contributed by atoms with Gasteiger partial charge < -0.3 is 0 Å². The van der Waals surface area contributed by atoms with Crippen molar-refractivity contribution in [2.75, 3.05) is 0 Å². The minimum atomic E-state index is -0.437. The van der Waals surface area contributed by atoms with Gasteiger partial charge in [0.1, 0.15) is 0 Å². The number of non-ortho nitro benzene ring substituents is 1. The maximum absolute atomic E-state index is 12.2. The fourth-order valence-electron chi connectivity index (χ4n) is 2.67. The van der Waals surface area contributed by atoms with Crippen molar-refractivity contribution in [3.8, 4) is 0 Å². The molecule has 0 saturated heterocycles. The minimum absolute atomic E-state index is 0.0153. The molecule has 0 spiro atoms. The summed E-state index contributed by atoms with van der Waals surface area (Å²) in [6.45, 7) is 0. The zero-order chi connectivity index (χ0) is 20.5. The fourth-order valence-corrected chi connectivity index (χ4v) is 2.67. The number of hydrazone groups is 1. The summed E-state index contributed by atoms with van der Waals surface area (Å²) in [5, 5.41) is 15.2. The average molecular weight is 385 g/mol. The molecule has 0 radical (unpaired) electrons. The van der Waals surface area contributed by atoms with E-state index in [0.717, 1.165) is 11.1 Å². The van der Waals surface area contributed by atoms with Gasteiger partial charge in [0.05, 0.1) is 17.1 Å². The third-order valence-corrected chi connectivity index (χ3v) is 4.09. The number of nitro groups is 1. The Morgan fingerprint density at radius 1 is 0.966 bits per heavy atom. The second-order valence-electron chi connectivity index (χ2n) is 6.25. The average Bonchev–Trinajstić information content (AvgIpc) is 2.75. The summed E-state index contributed by atoms with van der Waals surface area (Å²) in [6.07, 6.45) is 3.67. The first-order chi connectivity index (χ1) is 14.1. The number of allylic oxidation sites excluding steroid dienone is 1. The van der Waals surface area contributed by atoms with E-state index in [1.807, 2.05) is 60.7 Å². The maximum Gasteiger partial charge on any atom is 0.270 e.